The Labute approximate surface area is 167 Å². The van der Waals surface area contributed by atoms with Crippen LogP contribution < -0.4 is 5.32 Å². The lowest BCUT2D eigenvalue weighted by atomic mass is 10.0. The summed E-state index contributed by atoms with van der Waals surface area (Å²) in [6.45, 7) is 6.93. The van der Waals surface area contributed by atoms with Crippen LogP contribution in [0.3, 0.4) is 0 Å². The summed E-state index contributed by atoms with van der Waals surface area (Å²) >= 11 is 6.15. The van der Waals surface area contributed by atoms with Crippen LogP contribution in [0.1, 0.15) is 37.0 Å². The molecule has 0 unspecified atom stereocenters. The van der Waals surface area contributed by atoms with E-state index in [-0.39, 0.29) is 27.4 Å². The Kier molecular flexibility index (Phi) is 7.45. The number of halogens is 1. The normalized spacial score (nSPS) is 16.4. The highest BCUT2D eigenvalue weighted by Gasteiger charge is 2.24. The average molecular weight is 414 g/mol. The Bertz CT molecular complexity index is 809. The molecule has 6 nitrogen and oxygen atoms in total. The van der Waals surface area contributed by atoms with Crippen LogP contribution in [0.25, 0.3) is 0 Å². The van der Waals surface area contributed by atoms with Crippen molar-refractivity contribution < 1.29 is 13.2 Å². The van der Waals surface area contributed by atoms with Crippen LogP contribution in [0.4, 0.5) is 0 Å². The molecule has 1 aliphatic rings. The van der Waals surface area contributed by atoms with Crippen LogP contribution in [-0.4, -0.2) is 63.3 Å². The van der Waals surface area contributed by atoms with Gasteiger partial charge in [0.05, 0.1) is 15.5 Å². The van der Waals surface area contributed by atoms with Crippen LogP contribution in [-0.2, 0) is 10.0 Å². The number of likely N-dealkylation sites (tertiary alicyclic amines) is 1. The zero-order valence-electron chi connectivity index (χ0n) is 16.3. The molecule has 1 amide bonds. The number of carbonyl (C=O) groups excluding carboxylic acids is 1. The summed E-state index contributed by atoms with van der Waals surface area (Å²) in [6, 6.07) is 4.27. The smallest absolute Gasteiger partial charge is 0.253 e. The molecular weight excluding hydrogens is 386 g/mol. The molecule has 0 spiro atoms. The maximum absolute atomic E-state index is 12.7. The van der Waals surface area contributed by atoms with Gasteiger partial charge in [0.1, 0.15) is 0 Å². The Balaban J connectivity index is 2.04. The van der Waals surface area contributed by atoms with Gasteiger partial charge in [-0.2, -0.15) is 0 Å². The fourth-order valence-electron chi connectivity index (χ4n) is 2.88. The minimum absolute atomic E-state index is 0.0543. The van der Waals surface area contributed by atoms with Gasteiger partial charge in [-0.15, -0.1) is 0 Å². The average Bonchev–Trinajstić information content (AvgIpc) is 2.61. The second-order valence-electron chi connectivity index (χ2n) is 7.26. The number of nitrogens with one attached hydrogen (secondary N) is 1. The van der Waals surface area contributed by atoms with Crippen molar-refractivity contribution in [2.75, 3.05) is 33.7 Å². The van der Waals surface area contributed by atoms with Crippen molar-refractivity contribution in [2.45, 2.75) is 37.6 Å². The summed E-state index contributed by atoms with van der Waals surface area (Å²) < 4.78 is 25.7. The molecule has 1 aromatic carbocycles. The van der Waals surface area contributed by atoms with Gasteiger partial charge in [-0.05, 0) is 44.9 Å². The van der Waals surface area contributed by atoms with Crippen molar-refractivity contribution in [1.82, 2.24) is 14.5 Å². The predicted molar refractivity (Wildman–Crippen MR) is 109 cm³/mol. The molecule has 150 valence electrons. The molecule has 0 atom stereocenters. The van der Waals surface area contributed by atoms with E-state index in [9.17, 15) is 13.2 Å². The Hall–Kier alpha value is -1.41. The molecule has 1 saturated heterocycles. The van der Waals surface area contributed by atoms with E-state index < -0.39 is 10.0 Å². The number of rotatable bonds is 6. The molecule has 0 aliphatic carbocycles. The molecule has 1 heterocycles. The first-order valence-corrected chi connectivity index (χ1v) is 10.8. The first-order chi connectivity index (χ1) is 12.6. The first kappa shape index (κ1) is 21.9. The maximum atomic E-state index is 12.7. The lowest BCUT2D eigenvalue weighted by Crippen LogP contribution is -2.44. The van der Waals surface area contributed by atoms with E-state index in [2.05, 4.69) is 30.1 Å². The lowest BCUT2D eigenvalue weighted by molar-refractivity contribution is 0.0914. The van der Waals surface area contributed by atoms with Gasteiger partial charge in [0.25, 0.3) is 5.91 Å². The second-order valence-corrected chi connectivity index (χ2v) is 9.82. The van der Waals surface area contributed by atoms with Crippen LogP contribution >= 0.6 is 11.6 Å². The Morgan fingerprint density at radius 1 is 1.30 bits per heavy atom. The highest BCUT2D eigenvalue weighted by atomic mass is 35.5. The lowest BCUT2D eigenvalue weighted by Gasteiger charge is -2.31. The Morgan fingerprint density at radius 3 is 2.48 bits per heavy atom. The molecule has 0 aromatic heterocycles. The van der Waals surface area contributed by atoms with Crippen molar-refractivity contribution in [1.29, 1.82) is 0 Å². The van der Waals surface area contributed by atoms with E-state index in [1.54, 1.807) is 0 Å². The van der Waals surface area contributed by atoms with Gasteiger partial charge < -0.3 is 5.32 Å². The standard InChI is InChI=1S/C19H28ClN3O3S/c1-14(2)7-10-23-11-8-15(9-12-23)21-19(24)17-13-16(5-6-18(17)20)27(25,26)22(3)4/h5-7,13,15H,8-12H2,1-4H3,(H,21,24). The highest BCUT2D eigenvalue weighted by Crippen LogP contribution is 2.23. The van der Waals surface area contributed by atoms with Crippen molar-refractivity contribution in [3.63, 3.8) is 0 Å². The van der Waals surface area contributed by atoms with Gasteiger partial charge >= 0.3 is 0 Å². The number of hydrogen-bond donors (Lipinski definition) is 1. The van der Waals surface area contributed by atoms with Gasteiger partial charge in [-0.3, -0.25) is 9.69 Å². The van der Waals surface area contributed by atoms with Crippen molar-refractivity contribution >= 4 is 27.5 Å². The van der Waals surface area contributed by atoms with E-state index in [1.807, 2.05) is 0 Å². The molecule has 0 bridgehead atoms. The molecule has 27 heavy (non-hydrogen) atoms. The number of nitrogens with zero attached hydrogens (tertiary/aromatic N) is 2. The van der Waals surface area contributed by atoms with Gasteiger partial charge in [-0.1, -0.05) is 23.3 Å². The number of sulfonamides is 1. The molecule has 0 saturated carbocycles. The summed E-state index contributed by atoms with van der Waals surface area (Å²) in [5, 5.41) is 3.24. The summed E-state index contributed by atoms with van der Waals surface area (Å²) in [4.78, 5) is 15.1. The predicted octanol–water partition coefficient (Wildman–Crippen LogP) is 2.75. The van der Waals surface area contributed by atoms with Crippen LogP contribution in [0.5, 0.6) is 0 Å². The van der Waals surface area contributed by atoms with Gasteiger partial charge in [0.15, 0.2) is 0 Å². The first-order valence-electron chi connectivity index (χ1n) is 9.00. The topological polar surface area (TPSA) is 69.7 Å². The van der Waals surface area contributed by atoms with Gasteiger partial charge in [-0.25, -0.2) is 12.7 Å². The van der Waals surface area contributed by atoms with E-state index in [0.717, 1.165) is 36.8 Å². The van der Waals surface area contributed by atoms with E-state index in [1.165, 1.54) is 37.9 Å². The molecule has 1 aromatic rings. The van der Waals surface area contributed by atoms with Crippen LogP contribution in [0.15, 0.2) is 34.7 Å². The third kappa shape index (κ3) is 5.78. The zero-order chi connectivity index (χ0) is 20.2. The molecule has 1 fully saturated rings. The summed E-state index contributed by atoms with van der Waals surface area (Å²) in [5.74, 6) is -0.335. The molecule has 1 N–H and O–H groups in total. The maximum Gasteiger partial charge on any atom is 0.253 e. The molecular formula is C19H28ClN3O3S. The number of hydrogen-bond acceptors (Lipinski definition) is 4. The minimum Gasteiger partial charge on any atom is -0.349 e. The molecule has 2 rings (SSSR count). The van der Waals surface area contributed by atoms with Gasteiger partial charge in [0, 0.05) is 39.8 Å². The SMILES string of the molecule is CC(C)=CCN1CCC(NC(=O)c2cc(S(=O)(=O)N(C)C)ccc2Cl)CC1. The summed E-state index contributed by atoms with van der Waals surface area (Å²) in [6.07, 6.45) is 3.92. The Morgan fingerprint density at radius 2 is 1.93 bits per heavy atom. The number of piperidine rings is 1. The number of amides is 1. The summed E-state index contributed by atoms with van der Waals surface area (Å²) in [5.41, 5.74) is 1.49. The van der Waals surface area contributed by atoms with E-state index in [0.29, 0.717) is 0 Å². The number of benzene rings is 1. The highest BCUT2D eigenvalue weighted by molar-refractivity contribution is 7.89. The minimum atomic E-state index is -3.62. The third-order valence-electron chi connectivity index (χ3n) is 4.64. The fraction of sp³-hybridized carbons (Fsp3) is 0.526. The van der Waals surface area contributed by atoms with Crippen molar-refractivity contribution in [2.24, 2.45) is 0 Å². The molecule has 0 radical (unpaired) electrons. The summed E-state index contributed by atoms with van der Waals surface area (Å²) in [7, 11) is -0.719. The monoisotopic (exact) mass is 413 g/mol. The van der Waals surface area contributed by atoms with E-state index in [4.69, 9.17) is 11.6 Å². The van der Waals surface area contributed by atoms with Crippen LogP contribution in [0.2, 0.25) is 5.02 Å². The van der Waals surface area contributed by atoms with E-state index >= 15 is 0 Å². The number of carbonyl (C=O) groups is 1. The molecule has 1 aliphatic heterocycles. The fourth-order valence-corrected chi connectivity index (χ4v) is 4.02. The quantitative estimate of drug-likeness (QED) is 0.728. The molecule has 8 heteroatoms. The third-order valence-corrected chi connectivity index (χ3v) is 6.78. The second kappa shape index (κ2) is 9.19. The van der Waals surface area contributed by atoms with Crippen molar-refractivity contribution in [3.8, 4) is 0 Å². The number of allylic oxidation sites excluding steroid dienone is 1. The zero-order valence-corrected chi connectivity index (χ0v) is 17.9. The van der Waals surface area contributed by atoms with Gasteiger partial charge in [0.2, 0.25) is 10.0 Å². The van der Waals surface area contributed by atoms with Crippen LogP contribution in [0, 0.1) is 0 Å². The largest absolute Gasteiger partial charge is 0.349 e. The van der Waals surface area contributed by atoms with Crippen molar-refractivity contribution in [3.05, 3.63) is 40.4 Å².